The first-order valence-electron chi connectivity index (χ1n) is 4.99. The van der Waals surface area contributed by atoms with Crippen LogP contribution in [-0.4, -0.2) is 10.6 Å². The lowest BCUT2D eigenvalue weighted by atomic mass is 10.1. The Balaban J connectivity index is 2.39. The van der Waals surface area contributed by atoms with Crippen LogP contribution in [0.1, 0.15) is 25.3 Å². The van der Waals surface area contributed by atoms with Gasteiger partial charge in [0.1, 0.15) is 0 Å². The summed E-state index contributed by atoms with van der Waals surface area (Å²) in [5.41, 5.74) is 6.98. The number of rotatable bonds is 5. The third-order valence-electron chi connectivity index (χ3n) is 2.07. The van der Waals surface area contributed by atoms with Crippen LogP contribution in [0.3, 0.4) is 0 Å². The third kappa shape index (κ3) is 3.63. The van der Waals surface area contributed by atoms with Gasteiger partial charge in [-0.1, -0.05) is 0 Å². The van der Waals surface area contributed by atoms with E-state index < -0.39 is 0 Å². The van der Waals surface area contributed by atoms with Crippen LogP contribution in [0.4, 0.5) is 0 Å². The number of aromatic nitrogens is 1. The first kappa shape index (κ1) is 10.8. The Labute approximate surface area is 85.1 Å². The molecular formula is C11H17N3. The Bertz CT molecular complexity index is 307. The summed E-state index contributed by atoms with van der Waals surface area (Å²) in [4.78, 5) is 0. The van der Waals surface area contributed by atoms with E-state index in [4.69, 9.17) is 11.0 Å². The Kier molecular flexibility index (Phi) is 4.21. The second-order valence-corrected chi connectivity index (χ2v) is 3.70. The van der Waals surface area contributed by atoms with Crippen LogP contribution in [0.25, 0.3) is 0 Å². The summed E-state index contributed by atoms with van der Waals surface area (Å²) in [5.74, 6) is 0. The molecule has 1 heterocycles. The maximum absolute atomic E-state index is 8.39. The van der Waals surface area contributed by atoms with Gasteiger partial charge in [0.2, 0.25) is 0 Å². The molecule has 2 N–H and O–H groups in total. The zero-order valence-electron chi connectivity index (χ0n) is 8.61. The lowest BCUT2D eigenvalue weighted by molar-refractivity contribution is 0.652. The van der Waals surface area contributed by atoms with Crippen molar-refractivity contribution in [1.29, 1.82) is 5.26 Å². The van der Waals surface area contributed by atoms with Crippen LogP contribution >= 0.6 is 0 Å². The lowest BCUT2D eigenvalue weighted by Crippen LogP contribution is -2.17. The fourth-order valence-corrected chi connectivity index (χ4v) is 1.46. The van der Waals surface area contributed by atoms with Crippen molar-refractivity contribution in [3.63, 3.8) is 0 Å². The highest BCUT2D eigenvalue weighted by Gasteiger charge is 1.99. The molecule has 3 heteroatoms. The number of aryl methyl sites for hydroxylation is 1. The molecule has 0 aromatic carbocycles. The van der Waals surface area contributed by atoms with Crippen LogP contribution in [0, 0.1) is 11.3 Å². The van der Waals surface area contributed by atoms with Gasteiger partial charge in [0.05, 0.1) is 6.07 Å². The Morgan fingerprint density at radius 3 is 3.07 bits per heavy atom. The minimum absolute atomic E-state index is 0.213. The lowest BCUT2D eigenvalue weighted by Gasteiger charge is -2.02. The molecule has 0 saturated carbocycles. The van der Waals surface area contributed by atoms with Crippen molar-refractivity contribution in [2.75, 3.05) is 0 Å². The molecule has 14 heavy (non-hydrogen) atoms. The van der Waals surface area contributed by atoms with Gasteiger partial charge in [-0.05, 0) is 31.4 Å². The molecule has 0 fully saturated rings. The van der Waals surface area contributed by atoms with Gasteiger partial charge < -0.3 is 10.3 Å². The van der Waals surface area contributed by atoms with E-state index in [1.54, 1.807) is 0 Å². The number of hydrogen-bond donors (Lipinski definition) is 1. The number of unbranched alkanes of at least 4 members (excludes halogenated alkanes) is 1. The summed E-state index contributed by atoms with van der Waals surface area (Å²) in [6, 6.07) is 4.45. The van der Waals surface area contributed by atoms with Crippen molar-refractivity contribution >= 4 is 0 Å². The number of nitrogens with two attached hydrogens (primary N) is 1. The quantitative estimate of drug-likeness (QED) is 0.720. The molecule has 1 aromatic rings. The maximum atomic E-state index is 8.39. The number of nitrogens with zero attached hydrogens (tertiary/aromatic N) is 2. The molecule has 0 radical (unpaired) electrons. The van der Waals surface area contributed by atoms with Crippen molar-refractivity contribution in [3.05, 3.63) is 24.0 Å². The highest BCUT2D eigenvalue weighted by atomic mass is 14.9. The monoisotopic (exact) mass is 191 g/mol. The first-order chi connectivity index (χ1) is 6.72. The van der Waals surface area contributed by atoms with Gasteiger partial charge in [-0.25, -0.2) is 0 Å². The standard InChI is InChI=1S/C11H17N3/c1-10(13)8-11-4-7-14(9-11)6-3-2-5-12/h4,7,9-10H,2-3,6,8,13H2,1H3. The highest BCUT2D eigenvalue weighted by molar-refractivity contribution is 5.11. The van der Waals surface area contributed by atoms with Gasteiger partial charge in [0, 0.05) is 31.4 Å². The predicted molar refractivity (Wildman–Crippen MR) is 56.6 cm³/mol. The molecule has 0 saturated heterocycles. The topological polar surface area (TPSA) is 54.7 Å². The van der Waals surface area contributed by atoms with Crippen molar-refractivity contribution in [2.45, 2.75) is 38.8 Å². The molecule has 1 unspecified atom stereocenters. The van der Waals surface area contributed by atoms with Gasteiger partial charge in [-0.15, -0.1) is 0 Å². The molecule has 1 atom stereocenters. The summed E-state index contributed by atoms with van der Waals surface area (Å²) in [6.07, 6.45) is 6.63. The summed E-state index contributed by atoms with van der Waals surface area (Å²) in [6.45, 7) is 2.93. The van der Waals surface area contributed by atoms with E-state index in [-0.39, 0.29) is 6.04 Å². The maximum Gasteiger partial charge on any atom is 0.0622 e. The second-order valence-electron chi connectivity index (χ2n) is 3.70. The van der Waals surface area contributed by atoms with Gasteiger partial charge >= 0.3 is 0 Å². The third-order valence-corrected chi connectivity index (χ3v) is 2.07. The van der Waals surface area contributed by atoms with Crippen molar-refractivity contribution in [3.8, 4) is 6.07 Å². The largest absolute Gasteiger partial charge is 0.354 e. The highest BCUT2D eigenvalue weighted by Crippen LogP contribution is 2.05. The van der Waals surface area contributed by atoms with E-state index in [0.717, 1.165) is 19.4 Å². The molecule has 0 aliphatic heterocycles. The Morgan fingerprint density at radius 1 is 1.64 bits per heavy atom. The van der Waals surface area contributed by atoms with Crippen LogP contribution in [0.15, 0.2) is 18.5 Å². The normalized spacial score (nSPS) is 12.4. The molecule has 1 rings (SSSR count). The van der Waals surface area contributed by atoms with Gasteiger partial charge in [0.15, 0.2) is 0 Å². The van der Waals surface area contributed by atoms with E-state index in [2.05, 4.69) is 29.1 Å². The van der Waals surface area contributed by atoms with Crippen LogP contribution in [0.5, 0.6) is 0 Å². The van der Waals surface area contributed by atoms with E-state index in [9.17, 15) is 0 Å². The van der Waals surface area contributed by atoms with Crippen LogP contribution in [0.2, 0.25) is 0 Å². The molecule has 3 nitrogen and oxygen atoms in total. The zero-order chi connectivity index (χ0) is 10.4. The first-order valence-corrected chi connectivity index (χ1v) is 4.99. The minimum atomic E-state index is 0.213. The van der Waals surface area contributed by atoms with E-state index >= 15 is 0 Å². The Hall–Kier alpha value is -1.27. The fraction of sp³-hybridized carbons (Fsp3) is 0.545. The molecule has 0 aliphatic rings. The summed E-state index contributed by atoms with van der Waals surface area (Å²) >= 11 is 0. The average Bonchev–Trinajstić information content (AvgIpc) is 2.52. The summed E-state index contributed by atoms with van der Waals surface area (Å²) in [7, 11) is 0. The summed E-state index contributed by atoms with van der Waals surface area (Å²) < 4.78 is 2.12. The summed E-state index contributed by atoms with van der Waals surface area (Å²) in [5, 5.41) is 8.39. The van der Waals surface area contributed by atoms with Gasteiger partial charge in [0.25, 0.3) is 0 Å². The average molecular weight is 191 g/mol. The van der Waals surface area contributed by atoms with E-state index in [0.29, 0.717) is 6.42 Å². The SMILES string of the molecule is CC(N)Cc1ccn(CCCC#N)c1. The van der Waals surface area contributed by atoms with Gasteiger partial charge in [-0.2, -0.15) is 5.26 Å². The molecule has 0 amide bonds. The van der Waals surface area contributed by atoms with Crippen molar-refractivity contribution < 1.29 is 0 Å². The molecule has 76 valence electrons. The predicted octanol–water partition coefficient (Wildman–Crippen LogP) is 1.68. The minimum Gasteiger partial charge on any atom is -0.354 e. The number of nitriles is 1. The van der Waals surface area contributed by atoms with Crippen LogP contribution < -0.4 is 5.73 Å². The molecule has 0 spiro atoms. The fourth-order valence-electron chi connectivity index (χ4n) is 1.46. The second kappa shape index (κ2) is 5.46. The zero-order valence-corrected chi connectivity index (χ0v) is 8.61. The van der Waals surface area contributed by atoms with E-state index in [1.165, 1.54) is 5.56 Å². The van der Waals surface area contributed by atoms with E-state index in [1.807, 2.05) is 6.92 Å². The molecular weight excluding hydrogens is 174 g/mol. The van der Waals surface area contributed by atoms with Crippen molar-refractivity contribution in [2.24, 2.45) is 5.73 Å². The molecule has 0 aliphatic carbocycles. The van der Waals surface area contributed by atoms with Crippen LogP contribution in [-0.2, 0) is 13.0 Å². The molecule has 0 bridgehead atoms. The van der Waals surface area contributed by atoms with Gasteiger partial charge in [-0.3, -0.25) is 0 Å². The van der Waals surface area contributed by atoms with Crippen molar-refractivity contribution in [1.82, 2.24) is 4.57 Å². The molecule has 1 aromatic heterocycles. The smallest absolute Gasteiger partial charge is 0.0622 e. The Morgan fingerprint density at radius 2 is 2.43 bits per heavy atom. The number of hydrogen-bond acceptors (Lipinski definition) is 2.